The van der Waals surface area contributed by atoms with E-state index in [4.69, 9.17) is 23.2 Å². The lowest BCUT2D eigenvalue weighted by atomic mass is 9.95. The van der Waals surface area contributed by atoms with E-state index < -0.39 is 17.9 Å². The topological polar surface area (TPSA) is 86.7 Å². The molecule has 1 heterocycles. The van der Waals surface area contributed by atoms with Gasteiger partial charge in [-0.3, -0.25) is 9.59 Å². The number of rotatable bonds is 6. The van der Waals surface area contributed by atoms with Gasteiger partial charge in [0.05, 0.1) is 22.2 Å². The molecule has 1 aliphatic heterocycles. The van der Waals surface area contributed by atoms with Gasteiger partial charge in [0, 0.05) is 17.7 Å². The number of carbonyl (C=O) groups excluding carboxylic acids is 2. The number of carboxylic acid groups (broad SMARTS) is 1. The van der Waals surface area contributed by atoms with Crippen molar-refractivity contribution in [2.75, 3.05) is 11.4 Å². The number of hydrogen-bond acceptors (Lipinski definition) is 3. The number of carbonyl (C=O) groups is 3. The van der Waals surface area contributed by atoms with Crippen LogP contribution in [0.25, 0.3) is 5.57 Å². The van der Waals surface area contributed by atoms with E-state index in [0.717, 1.165) is 11.1 Å². The zero-order chi connectivity index (χ0) is 24.4. The molecule has 6 nitrogen and oxygen atoms in total. The van der Waals surface area contributed by atoms with Gasteiger partial charge in [-0.2, -0.15) is 0 Å². The van der Waals surface area contributed by atoms with E-state index in [0.29, 0.717) is 23.4 Å². The number of carboxylic acids is 1. The zero-order valence-corrected chi connectivity index (χ0v) is 19.4. The van der Waals surface area contributed by atoms with Gasteiger partial charge >= 0.3 is 5.97 Å². The largest absolute Gasteiger partial charge is 0.480 e. The van der Waals surface area contributed by atoms with Gasteiger partial charge in [-0.05, 0) is 47.0 Å². The maximum atomic E-state index is 13.0. The van der Waals surface area contributed by atoms with E-state index in [2.05, 4.69) is 11.9 Å². The van der Waals surface area contributed by atoms with Crippen LogP contribution in [-0.2, 0) is 11.2 Å². The second-order valence-electron chi connectivity index (χ2n) is 7.87. The molecule has 0 spiro atoms. The molecule has 172 valence electrons. The van der Waals surface area contributed by atoms with E-state index in [9.17, 15) is 19.5 Å². The second kappa shape index (κ2) is 9.71. The van der Waals surface area contributed by atoms with Gasteiger partial charge in [0.15, 0.2) is 0 Å². The molecule has 0 saturated carbocycles. The van der Waals surface area contributed by atoms with Gasteiger partial charge < -0.3 is 15.3 Å². The molecule has 34 heavy (non-hydrogen) atoms. The van der Waals surface area contributed by atoms with Crippen molar-refractivity contribution in [2.45, 2.75) is 12.5 Å². The number of nitrogens with zero attached hydrogens (tertiary/aromatic N) is 1. The summed E-state index contributed by atoms with van der Waals surface area (Å²) >= 11 is 12.1. The summed E-state index contributed by atoms with van der Waals surface area (Å²) in [5.74, 6) is -1.99. The maximum absolute atomic E-state index is 13.0. The van der Waals surface area contributed by atoms with Crippen molar-refractivity contribution in [1.29, 1.82) is 0 Å². The molecular weight excluding hydrogens is 475 g/mol. The number of benzene rings is 3. The lowest BCUT2D eigenvalue weighted by molar-refractivity contribution is -0.139. The van der Waals surface area contributed by atoms with Crippen LogP contribution in [0.2, 0.25) is 10.0 Å². The number of anilines is 1. The Morgan fingerprint density at radius 3 is 2.21 bits per heavy atom. The van der Waals surface area contributed by atoms with Gasteiger partial charge in [0.2, 0.25) is 0 Å². The van der Waals surface area contributed by atoms with Crippen LogP contribution >= 0.6 is 23.2 Å². The third kappa shape index (κ3) is 4.69. The number of nitrogens with one attached hydrogen (secondary N) is 1. The molecule has 1 aliphatic rings. The summed E-state index contributed by atoms with van der Waals surface area (Å²) in [7, 11) is 0. The molecule has 0 aliphatic carbocycles. The van der Waals surface area contributed by atoms with Crippen LogP contribution in [0.1, 0.15) is 31.8 Å². The molecule has 8 heteroatoms. The average Bonchev–Trinajstić information content (AvgIpc) is 2.81. The second-order valence-corrected chi connectivity index (χ2v) is 8.69. The molecule has 3 aromatic rings. The molecule has 0 radical (unpaired) electrons. The smallest absolute Gasteiger partial charge is 0.326 e. The van der Waals surface area contributed by atoms with Gasteiger partial charge in [-0.15, -0.1) is 0 Å². The highest BCUT2D eigenvalue weighted by molar-refractivity contribution is 6.39. The first-order chi connectivity index (χ1) is 16.3. The Kier molecular flexibility index (Phi) is 6.72. The summed E-state index contributed by atoms with van der Waals surface area (Å²) < 4.78 is 0. The van der Waals surface area contributed by atoms with E-state index in [1.54, 1.807) is 41.3 Å². The Bertz CT molecular complexity index is 1280. The van der Waals surface area contributed by atoms with Crippen LogP contribution in [0.15, 0.2) is 73.3 Å². The van der Waals surface area contributed by atoms with Gasteiger partial charge in [-0.25, -0.2) is 4.79 Å². The van der Waals surface area contributed by atoms with E-state index >= 15 is 0 Å². The number of aliphatic carboxylic acids is 1. The first kappa shape index (κ1) is 23.5. The van der Waals surface area contributed by atoms with Crippen LogP contribution in [0.3, 0.4) is 0 Å². The van der Waals surface area contributed by atoms with Crippen molar-refractivity contribution in [1.82, 2.24) is 5.32 Å². The summed E-state index contributed by atoms with van der Waals surface area (Å²) in [6.07, 6.45) is 0.0346. The summed E-state index contributed by atoms with van der Waals surface area (Å²) in [5, 5.41) is 12.4. The minimum absolute atomic E-state index is 0.0246. The maximum Gasteiger partial charge on any atom is 0.326 e. The van der Waals surface area contributed by atoms with Crippen molar-refractivity contribution in [3.63, 3.8) is 0 Å². The Morgan fingerprint density at radius 1 is 0.971 bits per heavy atom. The minimum Gasteiger partial charge on any atom is -0.480 e. The van der Waals surface area contributed by atoms with Crippen LogP contribution in [-0.4, -0.2) is 35.5 Å². The average molecular weight is 495 g/mol. The van der Waals surface area contributed by atoms with Crippen LogP contribution in [0, 0.1) is 0 Å². The summed E-state index contributed by atoms with van der Waals surface area (Å²) in [6.45, 7) is 4.45. The summed E-state index contributed by atoms with van der Waals surface area (Å²) in [4.78, 5) is 39.0. The molecule has 0 saturated heterocycles. The van der Waals surface area contributed by atoms with E-state index in [1.807, 2.05) is 18.2 Å². The molecule has 4 rings (SSSR count). The molecule has 3 aromatic carbocycles. The van der Waals surface area contributed by atoms with Crippen LogP contribution < -0.4 is 10.2 Å². The molecule has 1 atom stereocenters. The fourth-order valence-corrected chi connectivity index (χ4v) is 4.44. The predicted octanol–water partition coefficient (Wildman–Crippen LogP) is 5.09. The fourth-order valence-electron chi connectivity index (χ4n) is 3.87. The van der Waals surface area contributed by atoms with Crippen molar-refractivity contribution in [2.24, 2.45) is 0 Å². The monoisotopic (exact) mass is 494 g/mol. The van der Waals surface area contributed by atoms with Crippen molar-refractivity contribution < 1.29 is 19.5 Å². The highest BCUT2D eigenvalue weighted by Crippen LogP contribution is 2.30. The molecule has 0 unspecified atom stereocenters. The first-order valence-electron chi connectivity index (χ1n) is 10.4. The number of halogens is 2. The number of hydrogen-bond donors (Lipinski definition) is 2. The lowest BCUT2D eigenvalue weighted by Gasteiger charge is -2.30. The highest BCUT2D eigenvalue weighted by atomic mass is 35.5. The SMILES string of the molecule is C=C1CN(c2ccc(C[C@H](NC(=O)c3c(Cl)cccc3Cl)C(=O)O)cc2)C(=O)c2ccccc21. The molecule has 2 N–H and O–H groups in total. The van der Waals surface area contributed by atoms with Gasteiger partial charge in [0.1, 0.15) is 6.04 Å². The van der Waals surface area contributed by atoms with Gasteiger partial charge in [-0.1, -0.05) is 66.2 Å². The van der Waals surface area contributed by atoms with Crippen molar-refractivity contribution >= 4 is 52.2 Å². The van der Waals surface area contributed by atoms with Gasteiger partial charge in [0.25, 0.3) is 11.8 Å². The Balaban J connectivity index is 1.50. The Labute approximate surface area is 206 Å². The quantitative estimate of drug-likeness (QED) is 0.499. The molecular formula is C26H20Cl2N2O4. The number of amides is 2. The van der Waals surface area contributed by atoms with Crippen LogP contribution in [0.4, 0.5) is 5.69 Å². The molecule has 0 aromatic heterocycles. The standard InChI is InChI=1S/C26H20Cl2N2O4/c1-15-14-30(25(32)19-6-3-2-5-18(15)19)17-11-9-16(10-12-17)13-22(26(33)34)29-24(31)23-20(27)7-4-8-21(23)28/h2-12,22H,1,13-14H2,(H,29,31)(H,33,34)/t22-/m0/s1. The third-order valence-electron chi connectivity index (χ3n) is 5.61. The van der Waals surface area contributed by atoms with Crippen molar-refractivity contribution in [3.05, 3.63) is 106 Å². The van der Waals surface area contributed by atoms with E-state index in [-0.39, 0.29) is 27.9 Å². The summed E-state index contributed by atoms with van der Waals surface area (Å²) in [5.41, 5.74) is 3.64. The normalized spacial score (nSPS) is 13.9. The van der Waals surface area contributed by atoms with Crippen molar-refractivity contribution in [3.8, 4) is 0 Å². The highest BCUT2D eigenvalue weighted by Gasteiger charge is 2.28. The third-order valence-corrected chi connectivity index (χ3v) is 6.24. The first-order valence-corrected chi connectivity index (χ1v) is 11.2. The Morgan fingerprint density at radius 2 is 1.59 bits per heavy atom. The predicted molar refractivity (Wildman–Crippen MR) is 133 cm³/mol. The number of fused-ring (bicyclic) bond motifs is 1. The van der Waals surface area contributed by atoms with Crippen LogP contribution in [0.5, 0.6) is 0 Å². The molecule has 0 bridgehead atoms. The summed E-state index contributed by atoms with van der Waals surface area (Å²) in [6, 6.07) is 17.7. The minimum atomic E-state index is -1.20. The zero-order valence-electron chi connectivity index (χ0n) is 17.9. The molecule has 0 fully saturated rings. The lowest BCUT2D eigenvalue weighted by Crippen LogP contribution is -2.42. The Hall–Kier alpha value is -3.61. The fraction of sp³-hybridized carbons (Fsp3) is 0.115. The molecule has 2 amide bonds. The van der Waals surface area contributed by atoms with E-state index in [1.165, 1.54) is 12.1 Å².